The number of methoxy groups -OCH3 is 1. The molecule has 146 valence electrons. The van der Waals surface area contributed by atoms with Crippen molar-refractivity contribution < 1.29 is 19.1 Å². The van der Waals surface area contributed by atoms with E-state index in [1.165, 1.54) is 7.11 Å². The molecule has 2 amide bonds. The lowest BCUT2D eigenvalue weighted by atomic mass is 10.0. The number of benzene rings is 2. The molecule has 3 rings (SSSR count). The van der Waals surface area contributed by atoms with E-state index in [-0.39, 0.29) is 11.8 Å². The average molecular weight is 380 g/mol. The molecule has 6 heteroatoms. The molecule has 0 atom stereocenters. The van der Waals surface area contributed by atoms with Crippen LogP contribution in [-0.4, -0.2) is 24.9 Å². The maximum Gasteiger partial charge on any atom is 0.337 e. The normalized spacial score (nSPS) is 14.1. The Labute approximate surface area is 164 Å². The maximum absolute atomic E-state index is 12.9. The van der Waals surface area contributed by atoms with Gasteiger partial charge < -0.3 is 15.4 Å². The Hall–Kier alpha value is -3.15. The van der Waals surface area contributed by atoms with Gasteiger partial charge in [0.15, 0.2) is 0 Å². The van der Waals surface area contributed by atoms with Crippen molar-refractivity contribution >= 4 is 29.2 Å². The Balaban J connectivity index is 1.72. The number of rotatable bonds is 6. The van der Waals surface area contributed by atoms with Gasteiger partial charge in [-0.05, 0) is 61.6 Å². The van der Waals surface area contributed by atoms with Crippen molar-refractivity contribution in [2.45, 2.75) is 33.1 Å². The third-order valence-electron chi connectivity index (χ3n) is 5.16. The summed E-state index contributed by atoms with van der Waals surface area (Å²) in [7, 11) is 1.31. The molecule has 0 bridgehead atoms. The SMILES string of the molecule is CCc1cccc(C)c1NC(=O)C1(C(=O)Nc2ccc(C(=O)OC)cc2)CC1. The smallest absolute Gasteiger partial charge is 0.337 e. The number of ether oxygens (including phenoxy) is 1. The second-order valence-corrected chi connectivity index (χ2v) is 7.02. The van der Waals surface area contributed by atoms with Gasteiger partial charge in [-0.15, -0.1) is 0 Å². The second-order valence-electron chi connectivity index (χ2n) is 7.02. The molecule has 1 saturated carbocycles. The molecular formula is C22H24N2O4. The Bertz CT molecular complexity index is 915. The standard InChI is InChI=1S/C22H24N2O4/c1-4-15-7-5-6-14(2)18(15)24-21(27)22(12-13-22)20(26)23-17-10-8-16(9-11-17)19(25)28-3/h5-11H,4,12-13H2,1-3H3,(H,23,26)(H,24,27). The molecular weight excluding hydrogens is 356 g/mol. The van der Waals surface area contributed by atoms with E-state index in [0.717, 1.165) is 23.2 Å². The predicted molar refractivity (Wildman–Crippen MR) is 107 cm³/mol. The van der Waals surface area contributed by atoms with Crippen LogP contribution in [0.25, 0.3) is 0 Å². The zero-order chi connectivity index (χ0) is 20.3. The van der Waals surface area contributed by atoms with Crippen molar-refractivity contribution in [3.63, 3.8) is 0 Å². The van der Waals surface area contributed by atoms with E-state index in [2.05, 4.69) is 15.4 Å². The van der Waals surface area contributed by atoms with E-state index in [0.29, 0.717) is 24.1 Å². The van der Waals surface area contributed by atoms with Gasteiger partial charge in [0, 0.05) is 11.4 Å². The van der Waals surface area contributed by atoms with Crippen LogP contribution in [0.1, 0.15) is 41.3 Å². The number of esters is 1. The molecule has 6 nitrogen and oxygen atoms in total. The summed E-state index contributed by atoms with van der Waals surface area (Å²) < 4.78 is 4.66. The van der Waals surface area contributed by atoms with E-state index in [4.69, 9.17) is 0 Å². The van der Waals surface area contributed by atoms with Crippen molar-refractivity contribution in [1.29, 1.82) is 0 Å². The van der Waals surface area contributed by atoms with Gasteiger partial charge >= 0.3 is 5.97 Å². The fourth-order valence-corrected chi connectivity index (χ4v) is 3.18. The van der Waals surface area contributed by atoms with Crippen molar-refractivity contribution in [2.75, 3.05) is 17.7 Å². The summed E-state index contributed by atoms with van der Waals surface area (Å²) in [4.78, 5) is 37.2. The highest BCUT2D eigenvalue weighted by Gasteiger charge is 2.56. The van der Waals surface area contributed by atoms with Crippen molar-refractivity contribution in [2.24, 2.45) is 5.41 Å². The van der Waals surface area contributed by atoms with Gasteiger partial charge in [-0.1, -0.05) is 25.1 Å². The van der Waals surface area contributed by atoms with Crippen LogP contribution in [0.3, 0.4) is 0 Å². The van der Waals surface area contributed by atoms with E-state index in [1.54, 1.807) is 24.3 Å². The van der Waals surface area contributed by atoms with E-state index in [1.807, 2.05) is 32.0 Å². The molecule has 1 aliphatic carbocycles. The first-order valence-corrected chi connectivity index (χ1v) is 9.31. The highest BCUT2D eigenvalue weighted by Crippen LogP contribution is 2.47. The number of hydrogen-bond acceptors (Lipinski definition) is 4. The van der Waals surface area contributed by atoms with Crippen LogP contribution in [0.15, 0.2) is 42.5 Å². The van der Waals surface area contributed by atoms with Crippen molar-refractivity contribution in [3.8, 4) is 0 Å². The Morgan fingerprint density at radius 2 is 1.64 bits per heavy atom. The summed E-state index contributed by atoms with van der Waals surface area (Å²) in [5.74, 6) is -1.05. The van der Waals surface area contributed by atoms with Crippen LogP contribution < -0.4 is 10.6 Å². The van der Waals surface area contributed by atoms with Gasteiger partial charge in [0.05, 0.1) is 12.7 Å². The van der Waals surface area contributed by atoms with Crippen LogP contribution in [0, 0.1) is 12.3 Å². The summed E-state index contributed by atoms with van der Waals surface area (Å²) in [6.07, 6.45) is 1.82. The fraction of sp³-hybridized carbons (Fsp3) is 0.318. The second kappa shape index (κ2) is 7.84. The summed E-state index contributed by atoms with van der Waals surface area (Å²) in [5.41, 5.74) is 2.68. The van der Waals surface area contributed by atoms with E-state index in [9.17, 15) is 14.4 Å². The monoisotopic (exact) mass is 380 g/mol. The lowest BCUT2D eigenvalue weighted by Gasteiger charge is -2.18. The summed E-state index contributed by atoms with van der Waals surface area (Å²) in [5, 5.41) is 5.76. The first-order chi connectivity index (χ1) is 13.4. The quantitative estimate of drug-likeness (QED) is 0.591. The molecule has 2 aromatic rings. The number of carbonyl (C=O) groups excluding carboxylic acids is 3. The van der Waals surface area contributed by atoms with Crippen LogP contribution in [0.5, 0.6) is 0 Å². The van der Waals surface area contributed by atoms with Crippen LogP contribution in [0.2, 0.25) is 0 Å². The Kier molecular flexibility index (Phi) is 5.49. The molecule has 1 aliphatic rings. The van der Waals surface area contributed by atoms with Crippen LogP contribution in [-0.2, 0) is 20.7 Å². The van der Waals surface area contributed by atoms with Crippen molar-refractivity contribution in [1.82, 2.24) is 0 Å². The molecule has 0 heterocycles. The lowest BCUT2D eigenvalue weighted by Crippen LogP contribution is -2.36. The number of para-hydroxylation sites is 1. The first kappa shape index (κ1) is 19.6. The van der Waals surface area contributed by atoms with E-state index >= 15 is 0 Å². The molecule has 0 spiro atoms. The Morgan fingerprint density at radius 1 is 1.00 bits per heavy atom. The number of amides is 2. The highest BCUT2D eigenvalue weighted by atomic mass is 16.5. The van der Waals surface area contributed by atoms with Gasteiger partial charge in [-0.25, -0.2) is 4.79 Å². The Morgan fingerprint density at radius 3 is 2.21 bits per heavy atom. The fourth-order valence-electron chi connectivity index (χ4n) is 3.18. The molecule has 0 unspecified atom stereocenters. The van der Waals surface area contributed by atoms with Crippen LogP contribution in [0.4, 0.5) is 11.4 Å². The summed E-state index contributed by atoms with van der Waals surface area (Å²) >= 11 is 0. The van der Waals surface area contributed by atoms with E-state index < -0.39 is 11.4 Å². The summed E-state index contributed by atoms with van der Waals surface area (Å²) in [6.45, 7) is 3.97. The first-order valence-electron chi connectivity index (χ1n) is 9.31. The minimum atomic E-state index is -1.05. The minimum absolute atomic E-state index is 0.278. The largest absolute Gasteiger partial charge is 0.465 e. The molecule has 1 fully saturated rings. The zero-order valence-electron chi connectivity index (χ0n) is 16.3. The van der Waals surface area contributed by atoms with Gasteiger partial charge in [-0.2, -0.15) is 0 Å². The van der Waals surface area contributed by atoms with Gasteiger partial charge in [-0.3, -0.25) is 9.59 Å². The third-order valence-corrected chi connectivity index (χ3v) is 5.16. The van der Waals surface area contributed by atoms with Gasteiger partial charge in [0.1, 0.15) is 5.41 Å². The number of nitrogens with one attached hydrogen (secondary N) is 2. The predicted octanol–water partition coefficient (Wildman–Crippen LogP) is 3.70. The number of hydrogen-bond donors (Lipinski definition) is 2. The number of carbonyl (C=O) groups is 3. The third kappa shape index (κ3) is 3.76. The van der Waals surface area contributed by atoms with Crippen molar-refractivity contribution in [3.05, 3.63) is 59.2 Å². The molecule has 2 N–H and O–H groups in total. The van der Waals surface area contributed by atoms with Crippen LogP contribution >= 0.6 is 0 Å². The lowest BCUT2D eigenvalue weighted by molar-refractivity contribution is -0.131. The topological polar surface area (TPSA) is 84.5 Å². The molecule has 0 aromatic heterocycles. The minimum Gasteiger partial charge on any atom is -0.465 e. The maximum atomic E-state index is 12.9. The zero-order valence-corrected chi connectivity index (χ0v) is 16.3. The van der Waals surface area contributed by atoms with Gasteiger partial charge in [0.25, 0.3) is 0 Å². The molecule has 0 saturated heterocycles. The molecule has 2 aromatic carbocycles. The average Bonchev–Trinajstić information content (AvgIpc) is 3.51. The van der Waals surface area contributed by atoms with Gasteiger partial charge in [0.2, 0.25) is 11.8 Å². The number of aryl methyl sites for hydroxylation is 2. The summed E-state index contributed by atoms with van der Waals surface area (Å²) in [6, 6.07) is 12.3. The molecule has 0 aliphatic heterocycles. The molecule has 0 radical (unpaired) electrons. The number of anilines is 2. The molecule has 28 heavy (non-hydrogen) atoms. The highest BCUT2D eigenvalue weighted by molar-refractivity contribution is 6.17.